The largest absolute Gasteiger partial charge is 0.332 e. The van der Waals surface area contributed by atoms with E-state index in [1.807, 2.05) is 71.3 Å². The van der Waals surface area contributed by atoms with Gasteiger partial charge in [0.2, 0.25) is 5.95 Å². The van der Waals surface area contributed by atoms with Crippen LogP contribution >= 0.6 is 11.6 Å². The number of nitrogens with zero attached hydrogens (tertiary/aromatic N) is 5. The molecule has 0 saturated heterocycles. The summed E-state index contributed by atoms with van der Waals surface area (Å²) in [6.07, 6.45) is 0.854. The fraction of sp³-hybridized carbons (Fsp3) is 0.192. The van der Waals surface area contributed by atoms with E-state index in [1.54, 1.807) is 7.05 Å². The van der Waals surface area contributed by atoms with Crippen LogP contribution in [0.5, 0.6) is 0 Å². The highest BCUT2D eigenvalue weighted by atomic mass is 35.5. The van der Waals surface area contributed by atoms with E-state index in [1.165, 1.54) is 9.13 Å². The van der Waals surface area contributed by atoms with Crippen molar-refractivity contribution in [2.24, 2.45) is 7.05 Å². The second kappa shape index (κ2) is 7.88. The summed E-state index contributed by atoms with van der Waals surface area (Å²) >= 11 is 6.07. The van der Waals surface area contributed by atoms with Crippen molar-refractivity contribution in [1.82, 2.24) is 18.7 Å². The molecular weight excluding hydrogens is 450 g/mol. The minimum absolute atomic E-state index is 0.199. The van der Waals surface area contributed by atoms with E-state index in [0.29, 0.717) is 28.7 Å². The molecule has 0 unspecified atom stereocenters. The van der Waals surface area contributed by atoms with Crippen LogP contribution in [0.4, 0.5) is 11.6 Å². The van der Waals surface area contributed by atoms with Crippen LogP contribution in [0.2, 0.25) is 5.02 Å². The number of halogens is 1. The lowest BCUT2D eigenvalue weighted by molar-refractivity contribution is 0.597. The van der Waals surface area contributed by atoms with Crippen LogP contribution in [0.3, 0.4) is 0 Å². The number of anilines is 2. The lowest BCUT2D eigenvalue weighted by atomic mass is 10.0. The Morgan fingerprint density at radius 3 is 2.53 bits per heavy atom. The van der Waals surface area contributed by atoms with Crippen LogP contribution in [0.15, 0.2) is 76.3 Å². The molecule has 0 fully saturated rings. The molecule has 5 aromatic rings. The molecule has 0 N–H and O–H groups in total. The molecule has 1 aliphatic heterocycles. The Labute approximate surface area is 200 Å². The fourth-order valence-corrected chi connectivity index (χ4v) is 5.00. The third-order valence-electron chi connectivity index (χ3n) is 6.56. The summed E-state index contributed by atoms with van der Waals surface area (Å²) in [7, 11) is 1.68. The van der Waals surface area contributed by atoms with Gasteiger partial charge in [0.1, 0.15) is 0 Å². The highest BCUT2D eigenvalue weighted by Crippen LogP contribution is 2.31. The third-order valence-corrected chi connectivity index (χ3v) is 6.82. The van der Waals surface area contributed by atoms with Gasteiger partial charge < -0.3 is 9.47 Å². The Balaban J connectivity index is 1.54. The quantitative estimate of drug-likeness (QED) is 0.393. The molecule has 3 aromatic carbocycles. The first-order valence-electron chi connectivity index (χ1n) is 11.2. The molecule has 0 spiro atoms. The van der Waals surface area contributed by atoms with Crippen LogP contribution in [0.1, 0.15) is 12.0 Å². The van der Waals surface area contributed by atoms with E-state index in [2.05, 4.69) is 4.90 Å². The van der Waals surface area contributed by atoms with E-state index in [4.69, 9.17) is 16.6 Å². The second-order valence-corrected chi connectivity index (χ2v) is 9.02. The van der Waals surface area contributed by atoms with Gasteiger partial charge in [-0.25, -0.2) is 4.79 Å². The number of benzene rings is 3. The smallest absolute Gasteiger partial charge is 0.312 e. The first kappa shape index (κ1) is 20.7. The number of rotatable bonds is 3. The average molecular weight is 472 g/mol. The summed E-state index contributed by atoms with van der Waals surface area (Å²) in [6.45, 7) is 1.63. The van der Waals surface area contributed by atoms with Crippen molar-refractivity contribution in [2.45, 2.75) is 19.5 Å². The summed E-state index contributed by atoms with van der Waals surface area (Å²) in [6, 6.07) is 21.5. The number of aryl methyl sites for hydroxylation is 2. The Morgan fingerprint density at radius 1 is 0.941 bits per heavy atom. The van der Waals surface area contributed by atoms with Crippen LogP contribution in [0, 0.1) is 0 Å². The van der Waals surface area contributed by atoms with Gasteiger partial charge in [0, 0.05) is 30.8 Å². The summed E-state index contributed by atoms with van der Waals surface area (Å²) in [5.41, 5.74) is 2.04. The predicted octanol–water partition coefficient (Wildman–Crippen LogP) is 4.29. The van der Waals surface area contributed by atoms with Crippen molar-refractivity contribution in [3.8, 4) is 0 Å². The molecule has 0 amide bonds. The SMILES string of the molecule is Cn1c(=O)n(Cc2cccc3ccccc23)c(=O)c2c1nc1n2CCCN1c1ccc(Cl)cc1. The van der Waals surface area contributed by atoms with Crippen molar-refractivity contribution in [1.29, 1.82) is 0 Å². The summed E-state index contributed by atoms with van der Waals surface area (Å²) in [4.78, 5) is 33.8. The molecule has 34 heavy (non-hydrogen) atoms. The molecule has 0 bridgehead atoms. The Bertz CT molecular complexity index is 1680. The summed E-state index contributed by atoms with van der Waals surface area (Å²) < 4.78 is 4.74. The zero-order valence-electron chi connectivity index (χ0n) is 18.6. The van der Waals surface area contributed by atoms with Gasteiger partial charge in [0.15, 0.2) is 11.2 Å². The minimum atomic E-state index is -0.376. The van der Waals surface area contributed by atoms with Gasteiger partial charge in [-0.2, -0.15) is 4.98 Å². The second-order valence-electron chi connectivity index (χ2n) is 8.59. The number of fused-ring (bicyclic) bond motifs is 4. The van der Waals surface area contributed by atoms with Crippen LogP contribution in [-0.2, 0) is 20.1 Å². The van der Waals surface area contributed by atoms with Crippen molar-refractivity contribution >= 4 is 45.2 Å². The first-order chi connectivity index (χ1) is 16.5. The van der Waals surface area contributed by atoms with E-state index >= 15 is 0 Å². The van der Waals surface area contributed by atoms with Crippen molar-refractivity contribution in [2.75, 3.05) is 11.4 Å². The number of hydrogen-bond acceptors (Lipinski definition) is 4. The minimum Gasteiger partial charge on any atom is -0.312 e. The molecule has 2 aromatic heterocycles. The highest BCUT2D eigenvalue weighted by Gasteiger charge is 2.27. The zero-order valence-corrected chi connectivity index (χ0v) is 19.4. The monoisotopic (exact) mass is 471 g/mol. The number of imidazole rings is 1. The highest BCUT2D eigenvalue weighted by molar-refractivity contribution is 6.30. The van der Waals surface area contributed by atoms with Gasteiger partial charge in [-0.3, -0.25) is 13.9 Å². The van der Waals surface area contributed by atoms with Gasteiger partial charge >= 0.3 is 5.69 Å². The van der Waals surface area contributed by atoms with Gasteiger partial charge in [-0.1, -0.05) is 54.1 Å². The molecule has 1 aliphatic rings. The molecule has 7 nitrogen and oxygen atoms in total. The molecule has 0 radical (unpaired) electrons. The van der Waals surface area contributed by atoms with Crippen molar-refractivity contribution in [3.63, 3.8) is 0 Å². The molecule has 0 saturated carbocycles. The van der Waals surface area contributed by atoms with Gasteiger partial charge in [0.25, 0.3) is 5.56 Å². The van der Waals surface area contributed by atoms with E-state index in [0.717, 1.165) is 35.0 Å². The van der Waals surface area contributed by atoms with Crippen LogP contribution in [-0.4, -0.2) is 25.2 Å². The standard InChI is InChI=1S/C26H22ClN5O2/c1-29-23-22(31-15-5-14-30(25(31)28-23)20-12-10-19(27)11-13-20)24(33)32(26(29)34)16-18-8-4-7-17-6-2-3-9-21(17)18/h2-4,6-13H,5,14-16H2,1H3. The molecule has 170 valence electrons. The maximum absolute atomic E-state index is 13.7. The van der Waals surface area contributed by atoms with Gasteiger partial charge in [-0.05, 0) is 47.0 Å². The van der Waals surface area contributed by atoms with E-state index in [-0.39, 0.29) is 17.8 Å². The topological polar surface area (TPSA) is 65.1 Å². The lowest BCUT2D eigenvalue weighted by Crippen LogP contribution is -2.40. The maximum Gasteiger partial charge on any atom is 0.332 e. The van der Waals surface area contributed by atoms with Gasteiger partial charge in [-0.15, -0.1) is 0 Å². The molecular formula is C26H22ClN5O2. The van der Waals surface area contributed by atoms with Gasteiger partial charge in [0.05, 0.1) is 6.54 Å². The number of hydrogen-bond donors (Lipinski definition) is 0. The predicted molar refractivity (Wildman–Crippen MR) is 135 cm³/mol. The van der Waals surface area contributed by atoms with Crippen molar-refractivity contribution in [3.05, 3.63) is 98.2 Å². The Hall–Kier alpha value is -3.84. The zero-order chi connectivity index (χ0) is 23.4. The van der Waals surface area contributed by atoms with E-state index in [9.17, 15) is 9.59 Å². The molecule has 8 heteroatoms. The molecule has 0 atom stereocenters. The third kappa shape index (κ3) is 3.15. The van der Waals surface area contributed by atoms with E-state index < -0.39 is 0 Å². The van der Waals surface area contributed by atoms with Crippen molar-refractivity contribution < 1.29 is 0 Å². The maximum atomic E-state index is 13.7. The summed E-state index contributed by atoms with van der Waals surface area (Å²) in [5.74, 6) is 0.665. The molecule has 3 heterocycles. The molecule has 6 rings (SSSR count). The normalized spacial score (nSPS) is 13.5. The first-order valence-corrected chi connectivity index (χ1v) is 11.6. The summed E-state index contributed by atoms with van der Waals surface area (Å²) in [5, 5.41) is 2.77. The van der Waals surface area contributed by atoms with Crippen LogP contribution in [0.25, 0.3) is 21.9 Å². The lowest BCUT2D eigenvalue weighted by Gasteiger charge is -2.29. The Kier molecular flexibility index (Phi) is 4.81. The average Bonchev–Trinajstić information content (AvgIpc) is 3.26. The number of aromatic nitrogens is 4. The fourth-order valence-electron chi connectivity index (χ4n) is 4.87. The Morgan fingerprint density at radius 2 is 1.71 bits per heavy atom. The molecule has 0 aliphatic carbocycles. The van der Waals surface area contributed by atoms with Crippen LogP contribution < -0.4 is 16.1 Å².